The van der Waals surface area contributed by atoms with Gasteiger partial charge in [-0.25, -0.2) is 23.5 Å². The number of hydrogen-bond donors (Lipinski definition) is 2. The molecular formula is C17H18F3N5O4S. The van der Waals surface area contributed by atoms with Crippen LogP contribution in [-0.2, 0) is 20.9 Å². The van der Waals surface area contributed by atoms with E-state index in [9.17, 15) is 26.4 Å². The lowest BCUT2D eigenvalue weighted by molar-refractivity contribution is -0.137. The van der Waals surface area contributed by atoms with Gasteiger partial charge in [-0.05, 0) is 19.1 Å². The van der Waals surface area contributed by atoms with E-state index in [0.717, 1.165) is 12.3 Å². The number of nitrogens with two attached hydrogens (primary N) is 1. The molecule has 3 rings (SSSR count). The summed E-state index contributed by atoms with van der Waals surface area (Å²) in [7, 11) is -4.13. The van der Waals surface area contributed by atoms with Gasteiger partial charge in [-0.1, -0.05) is 0 Å². The summed E-state index contributed by atoms with van der Waals surface area (Å²) in [6.45, 7) is 2.80. The minimum Gasteiger partial charge on any atom is -0.375 e. The Hall–Kier alpha value is -2.77. The summed E-state index contributed by atoms with van der Waals surface area (Å²) >= 11 is 0. The van der Waals surface area contributed by atoms with Crippen LogP contribution in [0.15, 0.2) is 35.6 Å². The third-order valence-corrected chi connectivity index (χ3v) is 5.07. The highest BCUT2D eigenvalue weighted by molar-refractivity contribution is 7.89. The van der Waals surface area contributed by atoms with E-state index in [1.54, 1.807) is 11.8 Å². The maximum Gasteiger partial charge on any atom is 0.417 e. The summed E-state index contributed by atoms with van der Waals surface area (Å²) in [4.78, 5) is 22.0. The fourth-order valence-corrected chi connectivity index (χ4v) is 3.38. The number of pyridine rings is 2. The first-order chi connectivity index (χ1) is 13.9. The SMILES string of the molecule is C[C@H]1CN(c2ncc(C(F)(F)F)cc2C(=O)Nc2ccnc(S(N)(=O)=O)c2)CCO1. The van der Waals surface area contributed by atoms with Crippen molar-refractivity contribution in [3.05, 3.63) is 41.7 Å². The molecule has 3 heterocycles. The van der Waals surface area contributed by atoms with Crippen LogP contribution in [0.4, 0.5) is 24.7 Å². The van der Waals surface area contributed by atoms with Crippen molar-refractivity contribution in [3.8, 4) is 0 Å². The number of rotatable bonds is 4. The molecule has 0 radical (unpaired) electrons. The highest BCUT2D eigenvalue weighted by atomic mass is 32.2. The minimum absolute atomic E-state index is 0.00210. The van der Waals surface area contributed by atoms with Gasteiger partial charge in [-0.2, -0.15) is 13.2 Å². The molecule has 1 fully saturated rings. The number of carbonyl (C=O) groups excluding carboxylic acids is 1. The van der Waals surface area contributed by atoms with Crippen LogP contribution in [0.5, 0.6) is 0 Å². The standard InChI is InChI=1S/C17H18F3N5O4S/c1-10-9-25(4-5-29-10)15-13(6-11(8-23-15)17(18,19)20)16(26)24-12-2-3-22-14(7-12)30(21,27)28/h2-3,6-8,10H,4-5,9H2,1H3,(H2,21,27,28)(H,22,24,26)/t10-/m0/s1. The monoisotopic (exact) mass is 445 g/mol. The van der Waals surface area contributed by atoms with E-state index >= 15 is 0 Å². The Kier molecular flexibility index (Phi) is 5.97. The molecule has 9 nitrogen and oxygen atoms in total. The molecule has 0 saturated carbocycles. The zero-order valence-corrected chi connectivity index (χ0v) is 16.5. The number of sulfonamides is 1. The maximum absolute atomic E-state index is 13.2. The quantitative estimate of drug-likeness (QED) is 0.732. The van der Waals surface area contributed by atoms with Crippen molar-refractivity contribution in [2.45, 2.75) is 24.2 Å². The third-order valence-electron chi connectivity index (χ3n) is 4.26. The Labute approximate surface area is 170 Å². The summed E-state index contributed by atoms with van der Waals surface area (Å²) in [6.07, 6.45) is -3.13. The molecular weight excluding hydrogens is 427 g/mol. The van der Waals surface area contributed by atoms with Crippen LogP contribution in [0.3, 0.4) is 0 Å². The van der Waals surface area contributed by atoms with Gasteiger partial charge >= 0.3 is 6.18 Å². The summed E-state index contributed by atoms with van der Waals surface area (Å²) in [5, 5.41) is 6.89. The van der Waals surface area contributed by atoms with Crippen LogP contribution < -0.4 is 15.4 Å². The number of aromatic nitrogens is 2. The first kappa shape index (κ1) is 21.9. The molecule has 1 aliphatic rings. The second kappa shape index (κ2) is 8.16. The number of halogens is 3. The number of amides is 1. The molecule has 0 bridgehead atoms. The van der Waals surface area contributed by atoms with Crippen molar-refractivity contribution in [1.29, 1.82) is 0 Å². The smallest absolute Gasteiger partial charge is 0.375 e. The first-order valence-electron chi connectivity index (χ1n) is 8.69. The molecule has 1 amide bonds. The fourth-order valence-electron chi connectivity index (χ4n) is 2.88. The Bertz CT molecular complexity index is 1060. The second-order valence-electron chi connectivity index (χ2n) is 6.60. The van der Waals surface area contributed by atoms with Gasteiger partial charge in [-0.3, -0.25) is 4.79 Å². The zero-order chi connectivity index (χ0) is 22.1. The lowest BCUT2D eigenvalue weighted by Gasteiger charge is -2.33. The predicted octanol–water partition coefficient (Wildman–Crippen LogP) is 1.62. The van der Waals surface area contributed by atoms with E-state index in [0.29, 0.717) is 32.0 Å². The van der Waals surface area contributed by atoms with Gasteiger partial charge in [0.2, 0.25) is 0 Å². The topological polar surface area (TPSA) is 128 Å². The molecule has 2 aromatic rings. The summed E-state index contributed by atoms with van der Waals surface area (Å²) in [5.41, 5.74) is -1.40. The average molecular weight is 445 g/mol. The van der Waals surface area contributed by atoms with Crippen LogP contribution in [0.1, 0.15) is 22.8 Å². The molecule has 0 aromatic carbocycles. The number of ether oxygens (including phenoxy) is 1. The Morgan fingerprint density at radius 3 is 2.70 bits per heavy atom. The summed E-state index contributed by atoms with van der Waals surface area (Å²) in [6, 6.07) is 2.99. The predicted molar refractivity (Wildman–Crippen MR) is 100 cm³/mol. The van der Waals surface area contributed by atoms with Gasteiger partial charge in [0.1, 0.15) is 5.82 Å². The number of nitrogens with zero attached hydrogens (tertiary/aromatic N) is 3. The number of carbonyl (C=O) groups is 1. The molecule has 2 aromatic heterocycles. The fraction of sp³-hybridized carbons (Fsp3) is 0.353. The normalized spacial score (nSPS) is 17.6. The Morgan fingerprint density at radius 1 is 1.33 bits per heavy atom. The number of nitrogens with one attached hydrogen (secondary N) is 1. The maximum atomic E-state index is 13.2. The highest BCUT2D eigenvalue weighted by Gasteiger charge is 2.34. The first-order valence-corrected chi connectivity index (χ1v) is 10.2. The third kappa shape index (κ3) is 5.04. The van der Waals surface area contributed by atoms with Gasteiger partial charge in [-0.15, -0.1) is 0 Å². The van der Waals surface area contributed by atoms with E-state index < -0.39 is 32.7 Å². The van der Waals surface area contributed by atoms with E-state index in [1.165, 1.54) is 6.07 Å². The molecule has 0 unspecified atom stereocenters. The van der Waals surface area contributed by atoms with Crippen molar-refractivity contribution < 1.29 is 31.1 Å². The van der Waals surface area contributed by atoms with Gasteiger partial charge in [0.25, 0.3) is 15.9 Å². The number of hydrogen-bond acceptors (Lipinski definition) is 7. The van der Waals surface area contributed by atoms with Gasteiger partial charge in [0.05, 0.1) is 23.8 Å². The van der Waals surface area contributed by atoms with E-state index in [4.69, 9.17) is 9.88 Å². The van der Waals surface area contributed by atoms with Crippen molar-refractivity contribution >= 4 is 27.4 Å². The van der Waals surface area contributed by atoms with Crippen LogP contribution in [-0.4, -0.2) is 50.1 Å². The molecule has 13 heteroatoms. The number of morpholine rings is 1. The van der Waals surface area contributed by atoms with Crippen LogP contribution >= 0.6 is 0 Å². The van der Waals surface area contributed by atoms with Crippen molar-refractivity contribution in [2.24, 2.45) is 5.14 Å². The largest absolute Gasteiger partial charge is 0.417 e. The Morgan fingerprint density at radius 2 is 2.07 bits per heavy atom. The van der Waals surface area contributed by atoms with E-state index in [-0.39, 0.29) is 23.2 Å². The van der Waals surface area contributed by atoms with Gasteiger partial charge in [0.15, 0.2) is 5.03 Å². The molecule has 1 aliphatic heterocycles. The minimum atomic E-state index is -4.70. The summed E-state index contributed by atoms with van der Waals surface area (Å²) < 4.78 is 67.8. The summed E-state index contributed by atoms with van der Waals surface area (Å²) in [5.74, 6) is -0.828. The molecule has 0 aliphatic carbocycles. The van der Waals surface area contributed by atoms with Crippen molar-refractivity contribution in [1.82, 2.24) is 9.97 Å². The molecule has 0 spiro atoms. The van der Waals surface area contributed by atoms with Crippen LogP contribution in [0.25, 0.3) is 0 Å². The number of anilines is 2. The second-order valence-corrected chi connectivity index (χ2v) is 8.11. The van der Waals surface area contributed by atoms with E-state index in [1.807, 2.05) is 0 Å². The zero-order valence-electron chi connectivity index (χ0n) is 15.7. The van der Waals surface area contributed by atoms with Gasteiger partial charge < -0.3 is 15.0 Å². The molecule has 30 heavy (non-hydrogen) atoms. The van der Waals surface area contributed by atoms with Gasteiger partial charge in [0, 0.05) is 37.2 Å². The van der Waals surface area contributed by atoms with Crippen molar-refractivity contribution in [3.63, 3.8) is 0 Å². The highest BCUT2D eigenvalue weighted by Crippen LogP contribution is 2.32. The van der Waals surface area contributed by atoms with Crippen LogP contribution in [0, 0.1) is 0 Å². The molecule has 1 saturated heterocycles. The molecule has 1 atom stereocenters. The van der Waals surface area contributed by atoms with E-state index in [2.05, 4.69) is 15.3 Å². The lowest BCUT2D eigenvalue weighted by Crippen LogP contribution is -2.42. The number of primary sulfonamides is 1. The number of alkyl halides is 3. The average Bonchev–Trinajstić information content (AvgIpc) is 2.66. The van der Waals surface area contributed by atoms with Crippen LogP contribution in [0.2, 0.25) is 0 Å². The molecule has 162 valence electrons. The Balaban J connectivity index is 1.98. The molecule has 3 N–H and O–H groups in total. The lowest BCUT2D eigenvalue weighted by atomic mass is 10.1. The van der Waals surface area contributed by atoms with Crippen molar-refractivity contribution in [2.75, 3.05) is 29.9 Å².